The van der Waals surface area contributed by atoms with E-state index in [4.69, 9.17) is 10.5 Å². The fraction of sp³-hybridized carbons (Fsp3) is 0.364. The van der Waals surface area contributed by atoms with Crippen LogP contribution in [0.2, 0.25) is 0 Å². The Kier molecular flexibility index (Phi) is 4.05. The molecule has 0 aromatic carbocycles. The molecule has 0 aliphatic rings. The SMILES string of the molecule is CCn1ncc(OC)c1C(N)c1csc(I)c1. The first-order valence-corrected chi connectivity index (χ1v) is 7.22. The largest absolute Gasteiger partial charge is 0.493 e. The lowest BCUT2D eigenvalue weighted by atomic mass is 10.1. The van der Waals surface area contributed by atoms with Crippen molar-refractivity contribution in [1.29, 1.82) is 0 Å². The molecule has 0 bridgehead atoms. The van der Waals surface area contributed by atoms with Crippen LogP contribution in [0.5, 0.6) is 5.75 Å². The molecule has 0 aliphatic carbocycles. The van der Waals surface area contributed by atoms with Crippen molar-refractivity contribution in [3.05, 3.63) is 31.8 Å². The molecule has 2 rings (SSSR count). The Labute approximate surface area is 118 Å². The zero-order valence-corrected chi connectivity index (χ0v) is 12.7. The zero-order valence-electron chi connectivity index (χ0n) is 9.68. The maximum atomic E-state index is 6.29. The summed E-state index contributed by atoms with van der Waals surface area (Å²) in [5.74, 6) is 0.751. The van der Waals surface area contributed by atoms with Crippen molar-refractivity contribution in [3.8, 4) is 5.75 Å². The van der Waals surface area contributed by atoms with Crippen LogP contribution in [0, 0.1) is 2.88 Å². The number of methoxy groups -OCH3 is 1. The molecule has 0 aliphatic heterocycles. The Morgan fingerprint density at radius 2 is 2.41 bits per heavy atom. The maximum Gasteiger partial charge on any atom is 0.161 e. The summed E-state index contributed by atoms with van der Waals surface area (Å²) in [4.78, 5) is 0. The maximum absolute atomic E-state index is 6.29. The van der Waals surface area contributed by atoms with Gasteiger partial charge in [-0.1, -0.05) is 0 Å². The third-order valence-electron chi connectivity index (χ3n) is 2.61. The number of ether oxygens (including phenoxy) is 1. The normalized spacial score (nSPS) is 12.7. The summed E-state index contributed by atoms with van der Waals surface area (Å²) in [6.07, 6.45) is 1.72. The first-order chi connectivity index (χ1) is 8.17. The van der Waals surface area contributed by atoms with Crippen LogP contribution in [0.25, 0.3) is 0 Å². The minimum Gasteiger partial charge on any atom is -0.493 e. The van der Waals surface area contributed by atoms with Crippen molar-refractivity contribution in [1.82, 2.24) is 9.78 Å². The molecule has 0 saturated heterocycles. The lowest BCUT2D eigenvalue weighted by molar-refractivity contribution is 0.404. The van der Waals surface area contributed by atoms with Gasteiger partial charge in [-0.2, -0.15) is 5.10 Å². The Morgan fingerprint density at radius 1 is 1.65 bits per heavy atom. The molecule has 0 amide bonds. The molecule has 1 atom stereocenters. The van der Waals surface area contributed by atoms with Crippen LogP contribution in [0.3, 0.4) is 0 Å². The summed E-state index contributed by atoms with van der Waals surface area (Å²) in [6.45, 7) is 2.83. The first kappa shape index (κ1) is 12.8. The van der Waals surface area contributed by atoms with Crippen LogP contribution >= 0.6 is 33.9 Å². The minimum atomic E-state index is -0.188. The number of aryl methyl sites for hydroxylation is 1. The van der Waals surface area contributed by atoms with Gasteiger partial charge in [0.05, 0.1) is 22.2 Å². The van der Waals surface area contributed by atoms with Crippen LogP contribution in [0.1, 0.15) is 24.2 Å². The van der Waals surface area contributed by atoms with Gasteiger partial charge in [-0.3, -0.25) is 4.68 Å². The molecule has 0 fully saturated rings. The number of thiophene rings is 1. The molecule has 92 valence electrons. The van der Waals surface area contributed by atoms with Gasteiger partial charge in [-0.05, 0) is 46.5 Å². The molecular weight excluding hydrogens is 349 g/mol. The van der Waals surface area contributed by atoms with E-state index in [1.165, 1.54) is 2.88 Å². The van der Waals surface area contributed by atoms with E-state index in [0.29, 0.717) is 0 Å². The van der Waals surface area contributed by atoms with E-state index < -0.39 is 0 Å². The summed E-state index contributed by atoms with van der Waals surface area (Å²) in [5.41, 5.74) is 8.33. The van der Waals surface area contributed by atoms with Gasteiger partial charge in [0, 0.05) is 6.54 Å². The van der Waals surface area contributed by atoms with Gasteiger partial charge >= 0.3 is 0 Å². The molecule has 0 radical (unpaired) electrons. The van der Waals surface area contributed by atoms with Crippen molar-refractivity contribution in [3.63, 3.8) is 0 Å². The van der Waals surface area contributed by atoms with Gasteiger partial charge in [-0.15, -0.1) is 11.3 Å². The van der Waals surface area contributed by atoms with Crippen molar-refractivity contribution >= 4 is 33.9 Å². The Bertz CT molecular complexity index is 487. The van der Waals surface area contributed by atoms with E-state index in [2.05, 4.69) is 39.1 Å². The average Bonchev–Trinajstić information content (AvgIpc) is 2.93. The smallest absolute Gasteiger partial charge is 0.161 e. The van der Waals surface area contributed by atoms with Gasteiger partial charge < -0.3 is 10.5 Å². The Hall–Kier alpha value is -0.600. The van der Waals surface area contributed by atoms with E-state index in [-0.39, 0.29) is 6.04 Å². The van der Waals surface area contributed by atoms with Crippen LogP contribution < -0.4 is 10.5 Å². The summed E-state index contributed by atoms with van der Waals surface area (Å²) < 4.78 is 8.43. The molecule has 6 heteroatoms. The number of nitrogens with zero attached hydrogens (tertiary/aromatic N) is 2. The van der Waals surface area contributed by atoms with E-state index in [0.717, 1.165) is 23.6 Å². The molecule has 2 aromatic rings. The third-order valence-corrected chi connectivity index (χ3v) is 4.41. The Morgan fingerprint density at radius 3 is 2.94 bits per heavy atom. The minimum absolute atomic E-state index is 0.188. The summed E-state index contributed by atoms with van der Waals surface area (Å²) in [6, 6.07) is 1.91. The molecule has 4 nitrogen and oxygen atoms in total. The molecule has 0 saturated carbocycles. The predicted octanol–water partition coefficient (Wildman–Crippen LogP) is 2.63. The third kappa shape index (κ3) is 2.48. The van der Waals surface area contributed by atoms with Crippen molar-refractivity contribution in [2.45, 2.75) is 19.5 Å². The number of nitrogens with two attached hydrogens (primary N) is 1. The van der Waals surface area contributed by atoms with Gasteiger partial charge in [0.1, 0.15) is 5.69 Å². The topological polar surface area (TPSA) is 53.1 Å². The fourth-order valence-electron chi connectivity index (χ4n) is 1.75. The standard InChI is InChI=1S/C11H14IN3OS/c1-3-15-11(8(16-2)5-14-15)10(13)7-4-9(12)17-6-7/h4-6,10H,3,13H2,1-2H3. The lowest BCUT2D eigenvalue weighted by Gasteiger charge is -2.13. The number of hydrogen-bond acceptors (Lipinski definition) is 4. The second-order valence-electron chi connectivity index (χ2n) is 3.58. The summed E-state index contributed by atoms with van der Waals surface area (Å²) in [7, 11) is 1.64. The quantitative estimate of drug-likeness (QED) is 0.850. The zero-order chi connectivity index (χ0) is 12.4. The highest BCUT2D eigenvalue weighted by molar-refractivity contribution is 14.1. The lowest BCUT2D eigenvalue weighted by Crippen LogP contribution is -2.17. The van der Waals surface area contributed by atoms with Gasteiger partial charge in [0.15, 0.2) is 5.75 Å². The fourth-order valence-corrected chi connectivity index (χ4v) is 3.15. The average molecular weight is 363 g/mol. The summed E-state index contributed by atoms with van der Waals surface area (Å²) in [5, 5.41) is 6.35. The number of rotatable bonds is 4. The predicted molar refractivity (Wildman–Crippen MR) is 77.5 cm³/mol. The van der Waals surface area contributed by atoms with E-state index in [9.17, 15) is 0 Å². The van der Waals surface area contributed by atoms with Crippen LogP contribution in [-0.2, 0) is 6.54 Å². The number of aromatic nitrogens is 2. The van der Waals surface area contributed by atoms with E-state index >= 15 is 0 Å². The highest BCUT2D eigenvalue weighted by Crippen LogP contribution is 2.30. The van der Waals surface area contributed by atoms with Gasteiger partial charge in [-0.25, -0.2) is 0 Å². The molecule has 0 spiro atoms. The molecule has 2 aromatic heterocycles. The van der Waals surface area contributed by atoms with Crippen LogP contribution in [0.15, 0.2) is 17.6 Å². The highest BCUT2D eigenvalue weighted by Gasteiger charge is 2.20. The van der Waals surface area contributed by atoms with Crippen molar-refractivity contribution < 1.29 is 4.74 Å². The summed E-state index contributed by atoms with van der Waals surface area (Å²) >= 11 is 3.99. The molecule has 2 heterocycles. The molecule has 17 heavy (non-hydrogen) atoms. The van der Waals surface area contributed by atoms with E-state index in [1.54, 1.807) is 24.6 Å². The highest BCUT2D eigenvalue weighted by atomic mass is 127. The Balaban J connectivity index is 2.41. The van der Waals surface area contributed by atoms with Gasteiger partial charge in [0.25, 0.3) is 0 Å². The molecule has 1 unspecified atom stereocenters. The van der Waals surface area contributed by atoms with Crippen molar-refractivity contribution in [2.24, 2.45) is 5.73 Å². The number of halogens is 1. The van der Waals surface area contributed by atoms with Crippen LogP contribution in [0.4, 0.5) is 0 Å². The first-order valence-electron chi connectivity index (χ1n) is 5.26. The van der Waals surface area contributed by atoms with Gasteiger partial charge in [0.2, 0.25) is 0 Å². The molecular formula is C11H14IN3OS. The van der Waals surface area contributed by atoms with Crippen LogP contribution in [-0.4, -0.2) is 16.9 Å². The molecule has 2 N–H and O–H groups in total. The van der Waals surface area contributed by atoms with Crippen molar-refractivity contribution in [2.75, 3.05) is 7.11 Å². The monoisotopic (exact) mass is 363 g/mol. The number of hydrogen-bond donors (Lipinski definition) is 1. The second kappa shape index (κ2) is 5.36. The second-order valence-corrected chi connectivity index (χ2v) is 6.38. The van der Waals surface area contributed by atoms with E-state index in [1.807, 2.05) is 11.6 Å².